The van der Waals surface area contributed by atoms with E-state index in [9.17, 15) is 4.79 Å². The first-order valence-corrected chi connectivity index (χ1v) is 5.24. The molecule has 4 nitrogen and oxygen atoms in total. The highest BCUT2D eigenvalue weighted by molar-refractivity contribution is 6.31. The van der Waals surface area contributed by atoms with E-state index in [1.54, 1.807) is 23.6 Å². The molecule has 0 unspecified atom stereocenters. The maximum absolute atomic E-state index is 11.5. The Labute approximate surface area is 110 Å². The number of halogens is 2. The molecule has 0 N–H and O–H groups in total. The fourth-order valence-electron chi connectivity index (χ4n) is 1.36. The van der Waals surface area contributed by atoms with Crippen molar-refractivity contribution in [1.82, 2.24) is 4.98 Å². The summed E-state index contributed by atoms with van der Waals surface area (Å²) in [5.41, 5.74) is 0.952. The number of esters is 1. The first kappa shape index (κ1) is 13.7. The molecule has 2 heterocycles. The molecule has 0 saturated carbocycles. The molecule has 0 saturated heterocycles. The van der Waals surface area contributed by atoms with Crippen LogP contribution in [-0.4, -0.2) is 17.6 Å². The van der Waals surface area contributed by atoms with Gasteiger partial charge < -0.3 is 17.1 Å². The molecule has 0 fully saturated rings. The van der Waals surface area contributed by atoms with Crippen LogP contribution in [0.4, 0.5) is 0 Å². The first-order chi connectivity index (χ1) is 7.74. The van der Waals surface area contributed by atoms with Gasteiger partial charge >= 0.3 is 11.6 Å². The van der Waals surface area contributed by atoms with E-state index in [0.29, 0.717) is 17.4 Å². The smallest absolute Gasteiger partial charge is 0.347 e. The average molecular weight is 273 g/mol. The van der Waals surface area contributed by atoms with Crippen LogP contribution in [0.15, 0.2) is 30.6 Å². The fraction of sp³-hybridized carbons (Fsp3) is 0.182. The predicted octanol–water partition coefficient (Wildman–Crippen LogP) is -1.35. The molecular formula is C11H10Cl2N2O2. The molecule has 2 aromatic rings. The zero-order chi connectivity index (χ0) is 11.5. The molecule has 0 bridgehead atoms. The number of nitrogens with zero attached hydrogens (tertiary/aromatic N) is 2. The summed E-state index contributed by atoms with van der Waals surface area (Å²) in [6, 6.07) is 5.47. The Morgan fingerprint density at radius 2 is 2.29 bits per heavy atom. The lowest BCUT2D eigenvalue weighted by molar-refractivity contribution is -0.512. The predicted molar refractivity (Wildman–Crippen MR) is 58.4 cm³/mol. The Bertz CT molecular complexity index is 546. The SMILES string of the molecule is CCOC(=O)c1cnc2cccc[n+]2c1Cl.[Cl-]. The van der Waals surface area contributed by atoms with Crippen LogP contribution in [0.25, 0.3) is 5.65 Å². The summed E-state index contributed by atoms with van der Waals surface area (Å²) in [5.74, 6) is -0.460. The Morgan fingerprint density at radius 3 is 3.00 bits per heavy atom. The van der Waals surface area contributed by atoms with E-state index < -0.39 is 5.97 Å². The van der Waals surface area contributed by atoms with Crippen LogP contribution in [-0.2, 0) is 4.74 Å². The van der Waals surface area contributed by atoms with E-state index in [1.807, 2.05) is 12.1 Å². The average Bonchev–Trinajstić information content (AvgIpc) is 2.30. The van der Waals surface area contributed by atoms with Crippen molar-refractivity contribution in [3.05, 3.63) is 41.3 Å². The summed E-state index contributed by atoms with van der Waals surface area (Å²) in [4.78, 5) is 15.7. The van der Waals surface area contributed by atoms with E-state index in [4.69, 9.17) is 16.3 Å². The Kier molecular flexibility index (Phi) is 4.66. The van der Waals surface area contributed by atoms with Gasteiger partial charge in [0.25, 0.3) is 0 Å². The van der Waals surface area contributed by atoms with E-state index in [-0.39, 0.29) is 18.0 Å². The molecule has 90 valence electrons. The third-order valence-electron chi connectivity index (χ3n) is 2.09. The van der Waals surface area contributed by atoms with Crippen molar-refractivity contribution >= 4 is 23.2 Å². The first-order valence-electron chi connectivity index (χ1n) is 4.86. The summed E-state index contributed by atoms with van der Waals surface area (Å²) >= 11 is 6.09. The number of hydrogen-bond donors (Lipinski definition) is 0. The van der Waals surface area contributed by atoms with E-state index >= 15 is 0 Å². The summed E-state index contributed by atoms with van der Waals surface area (Å²) < 4.78 is 6.51. The molecule has 0 atom stereocenters. The largest absolute Gasteiger partial charge is 1.00 e. The minimum absolute atomic E-state index is 0. The van der Waals surface area contributed by atoms with Gasteiger partial charge in [-0.05, 0) is 29.6 Å². The van der Waals surface area contributed by atoms with Crippen molar-refractivity contribution in [2.75, 3.05) is 6.61 Å². The number of pyridine rings is 1. The topological polar surface area (TPSA) is 43.3 Å². The maximum Gasteiger partial charge on any atom is 0.347 e. The molecule has 6 heteroatoms. The number of ether oxygens (including phenoxy) is 1. The Balaban J connectivity index is 0.00000144. The van der Waals surface area contributed by atoms with Crippen molar-refractivity contribution in [2.24, 2.45) is 0 Å². The summed E-state index contributed by atoms with van der Waals surface area (Å²) in [5, 5.41) is 0.309. The fourth-order valence-corrected chi connectivity index (χ4v) is 1.63. The molecule has 0 spiro atoms. The summed E-state index contributed by atoms with van der Waals surface area (Å²) in [7, 11) is 0. The number of fused-ring (bicyclic) bond motifs is 1. The highest BCUT2D eigenvalue weighted by Gasteiger charge is 2.20. The monoisotopic (exact) mass is 272 g/mol. The van der Waals surface area contributed by atoms with Crippen molar-refractivity contribution in [3.8, 4) is 0 Å². The van der Waals surface area contributed by atoms with Gasteiger partial charge in [0.15, 0.2) is 11.8 Å². The molecule has 2 aromatic heterocycles. The van der Waals surface area contributed by atoms with Gasteiger partial charge in [0.2, 0.25) is 5.15 Å². The van der Waals surface area contributed by atoms with Crippen LogP contribution in [0, 0.1) is 0 Å². The molecule has 0 aliphatic rings. The van der Waals surface area contributed by atoms with Crippen molar-refractivity contribution in [2.45, 2.75) is 6.92 Å². The molecule has 0 aliphatic heterocycles. The molecule has 0 amide bonds. The van der Waals surface area contributed by atoms with E-state index in [0.717, 1.165) is 0 Å². The number of rotatable bonds is 2. The highest BCUT2D eigenvalue weighted by Crippen LogP contribution is 2.11. The lowest BCUT2D eigenvalue weighted by Crippen LogP contribution is -3.00. The number of carbonyl (C=O) groups excluding carboxylic acids is 1. The van der Waals surface area contributed by atoms with Crippen molar-refractivity contribution < 1.29 is 26.3 Å². The normalized spacial score (nSPS) is 9.76. The number of carbonyl (C=O) groups is 1. The van der Waals surface area contributed by atoms with Gasteiger partial charge in [-0.2, -0.15) is 4.40 Å². The summed E-state index contributed by atoms with van der Waals surface area (Å²) in [6.45, 7) is 2.06. The number of hydrogen-bond acceptors (Lipinski definition) is 3. The third kappa shape index (κ3) is 2.65. The van der Waals surface area contributed by atoms with Crippen LogP contribution in [0.1, 0.15) is 17.3 Å². The molecule has 0 radical (unpaired) electrons. The highest BCUT2D eigenvalue weighted by atomic mass is 35.5. The van der Waals surface area contributed by atoms with Gasteiger partial charge in [0.1, 0.15) is 0 Å². The van der Waals surface area contributed by atoms with E-state index in [2.05, 4.69) is 4.98 Å². The van der Waals surface area contributed by atoms with Gasteiger partial charge in [-0.15, -0.1) is 0 Å². The van der Waals surface area contributed by atoms with Crippen molar-refractivity contribution in [1.29, 1.82) is 0 Å². The molecular weight excluding hydrogens is 263 g/mol. The second-order valence-corrected chi connectivity index (χ2v) is 3.47. The van der Waals surface area contributed by atoms with Crippen LogP contribution < -0.4 is 16.8 Å². The van der Waals surface area contributed by atoms with Gasteiger partial charge in [0.05, 0.1) is 12.8 Å². The second-order valence-electron chi connectivity index (χ2n) is 3.11. The lowest BCUT2D eigenvalue weighted by Gasteiger charge is -2.01. The molecule has 17 heavy (non-hydrogen) atoms. The minimum Gasteiger partial charge on any atom is -1.00 e. The van der Waals surface area contributed by atoms with Crippen LogP contribution in [0.5, 0.6) is 0 Å². The quantitative estimate of drug-likeness (QED) is 0.386. The van der Waals surface area contributed by atoms with Gasteiger partial charge in [-0.25, -0.2) is 4.79 Å². The standard InChI is InChI=1S/C11H10ClN2O2.ClH/c1-2-16-11(15)8-7-13-9-5-3-4-6-14(9)10(8)12;/h3-7H,2H2,1H3;1H/q+1;/p-1. The maximum atomic E-state index is 11.5. The Morgan fingerprint density at radius 1 is 1.53 bits per heavy atom. The van der Waals surface area contributed by atoms with Gasteiger partial charge in [0, 0.05) is 6.07 Å². The lowest BCUT2D eigenvalue weighted by atomic mass is 10.3. The van der Waals surface area contributed by atoms with Crippen LogP contribution in [0.2, 0.25) is 5.15 Å². The zero-order valence-electron chi connectivity index (χ0n) is 9.06. The zero-order valence-corrected chi connectivity index (χ0v) is 10.6. The molecule has 0 aliphatic carbocycles. The van der Waals surface area contributed by atoms with Crippen molar-refractivity contribution in [3.63, 3.8) is 0 Å². The van der Waals surface area contributed by atoms with Gasteiger partial charge in [-0.1, -0.05) is 6.07 Å². The molecule has 0 aromatic carbocycles. The van der Waals surface area contributed by atoms with E-state index in [1.165, 1.54) is 6.20 Å². The van der Waals surface area contributed by atoms with Crippen LogP contribution in [0.3, 0.4) is 0 Å². The van der Waals surface area contributed by atoms with Crippen LogP contribution >= 0.6 is 11.6 Å². The number of aromatic nitrogens is 2. The summed E-state index contributed by atoms with van der Waals surface area (Å²) in [6.07, 6.45) is 3.17. The Hall–Kier alpha value is -1.39. The minimum atomic E-state index is -0.460. The second kappa shape index (κ2) is 5.80. The van der Waals surface area contributed by atoms with Gasteiger partial charge in [-0.3, -0.25) is 0 Å². The third-order valence-corrected chi connectivity index (χ3v) is 2.48. The molecule has 2 rings (SSSR count).